The van der Waals surface area contributed by atoms with Crippen molar-refractivity contribution in [1.29, 1.82) is 0 Å². The van der Waals surface area contributed by atoms with Gasteiger partial charge in [-0.15, -0.1) is 0 Å². The molecule has 0 radical (unpaired) electrons. The van der Waals surface area contributed by atoms with Gasteiger partial charge in [-0.25, -0.2) is 0 Å². The van der Waals surface area contributed by atoms with Crippen LogP contribution < -0.4 is 10.5 Å². The van der Waals surface area contributed by atoms with Gasteiger partial charge in [0.2, 0.25) is 0 Å². The van der Waals surface area contributed by atoms with E-state index >= 15 is 0 Å². The summed E-state index contributed by atoms with van der Waals surface area (Å²) >= 11 is 5.69. The Bertz CT molecular complexity index is 581. The molecule has 0 amide bonds. The van der Waals surface area contributed by atoms with Gasteiger partial charge < -0.3 is 10.5 Å². The molecule has 0 aliphatic heterocycles. The molecule has 0 saturated heterocycles. The number of benzene rings is 2. The molecule has 0 unspecified atom stereocenters. The van der Waals surface area contributed by atoms with Crippen LogP contribution in [0, 0.1) is 0 Å². The molecule has 0 aliphatic rings. The van der Waals surface area contributed by atoms with E-state index in [-0.39, 0.29) is 17.2 Å². The van der Waals surface area contributed by atoms with E-state index in [9.17, 15) is 13.2 Å². The molecule has 2 aromatic carbocycles. The molecule has 0 heterocycles. The third-order valence-corrected chi connectivity index (χ3v) is 2.60. The predicted molar refractivity (Wildman–Crippen MR) is 67.4 cm³/mol. The van der Waals surface area contributed by atoms with Crippen LogP contribution in [0.4, 0.5) is 18.9 Å². The topological polar surface area (TPSA) is 35.2 Å². The molecule has 100 valence electrons. The second-order valence-corrected chi connectivity index (χ2v) is 4.25. The van der Waals surface area contributed by atoms with Crippen LogP contribution >= 0.6 is 11.6 Å². The fourth-order valence-corrected chi connectivity index (χ4v) is 1.61. The van der Waals surface area contributed by atoms with Crippen LogP contribution in [-0.4, -0.2) is 0 Å². The summed E-state index contributed by atoms with van der Waals surface area (Å²) in [4.78, 5) is 0. The molecule has 0 saturated carbocycles. The molecule has 0 atom stereocenters. The number of nitrogens with two attached hydrogens (primary N) is 1. The van der Waals surface area contributed by atoms with Crippen molar-refractivity contribution in [2.75, 3.05) is 5.73 Å². The van der Waals surface area contributed by atoms with E-state index in [4.69, 9.17) is 22.1 Å². The number of nitrogen functional groups attached to an aromatic ring is 1. The highest BCUT2D eigenvalue weighted by Crippen LogP contribution is 2.39. The SMILES string of the molecule is Nc1ccc(Oc2ccc(Cl)cc2)c(C(F)(F)F)c1. The van der Waals surface area contributed by atoms with Gasteiger partial charge in [0.15, 0.2) is 0 Å². The Balaban J connectivity index is 2.37. The summed E-state index contributed by atoms with van der Waals surface area (Å²) in [5.74, 6) is -0.0382. The van der Waals surface area contributed by atoms with Gasteiger partial charge in [-0.1, -0.05) is 11.6 Å². The third-order valence-electron chi connectivity index (χ3n) is 2.35. The fraction of sp³-hybridized carbons (Fsp3) is 0.0769. The summed E-state index contributed by atoms with van der Waals surface area (Å²) in [6.07, 6.45) is -4.53. The van der Waals surface area contributed by atoms with Gasteiger partial charge in [0.25, 0.3) is 0 Å². The first kappa shape index (κ1) is 13.5. The van der Waals surface area contributed by atoms with Crippen LogP contribution in [0.15, 0.2) is 42.5 Å². The lowest BCUT2D eigenvalue weighted by Gasteiger charge is -2.14. The average Bonchev–Trinajstić information content (AvgIpc) is 2.33. The van der Waals surface area contributed by atoms with Gasteiger partial charge in [0.05, 0.1) is 0 Å². The zero-order valence-electron chi connectivity index (χ0n) is 9.54. The van der Waals surface area contributed by atoms with Crippen molar-refractivity contribution in [3.05, 3.63) is 53.1 Å². The Hall–Kier alpha value is -1.88. The van der Waals surface area contributed by atoms with Crippen molar-refractivity contribution in [3.63, 3.8) is 0 Å². The second-order valence-electron chi connectivity index (χ2n) is 3.81. The summed E-state index contributed by atoms with van der Waals surface area (Å²) in [5, 5.41) is 0.473. The molecule has 0 aromatic heterocycles. The quantitative estimate of drug-likeness (QED) is 0.810. The molecule has 0 bridgehead atoms. The molecule has 0 spiro atoms. The van der Waals surface area contributed by atoms with Gasteiger partial charge in [0.1, 0.15) is 17.1 Å². The first-order valence-corrected chi connectivity index (χ1v) is 5.64. The molecule has 2 nitrogen and oxygen atoms in total. The van der Waals surface area contributed by atoms with Crippen LogP contribution in [0.3, 0.4) is 0 Å². The minimum Gasteiger partial charge on any atom is -0.457 e. The smallest absolute Gasteiger partial charge is 0.420 e. The van der Waals surface area contributed by atoms with E-state index in [1.165, 1.54) is 36.4 Å². The lowest BCUT2D eigenvalue weighted by Crippen LogP contribution is -2.08. The van der Waals surface area contributed by atoms with Crippen LogP contribution in [0.1, 0.15) is 5.56 Å². The number of rotatable bonds is 2. The molecule has 2 aromatic rings. The van der Waals surface area contributed by atoms with E-state index < -0.39 is 11.7 Å². The van der Waals surface area contributed by atoms with Gasteiger partial charge in [0, 0.05) is 10.7 Å². The monoisotopic (exact) mass is 287 g/mol. The number of hydrogen-bond acceptors (Lipinski definition) is 2. The maximum Gasteiger partial charge on any atom is 0.420 e. The molecular weight excluding hydrogens is 279 g/mol. The summed E-state index contributed by atoms with van der Waals surface area (Å²) in [5.41, 5.74) is 4.47. The standard InChI is InChI=1S/C13H9ClF3NO/c14-8-1-4-10(5-2-8)19-12-6-3-9(18)7-11(12)13(15,16)17/h1-7H,18H2. The first-order valence-electron chi connectivity index (χ1n) is 5.26. The predicted octanol–water partition coefficient (Wildman–Crippen LogP) is 4.73. The van der Waals surface area contributed by atoms with E-state index in [0.717, 1.165) is 6.07 Å². The van der Waals surface area contributed by atoms with Crippen molar-refractivity contribution in [2.45, 2.75) is 6.18 Å². The van der Waals surface area contributed by atoms with Gasteiger partial charge in [-0.05, 0) is 42.5 Å². The van der Waals surface area contributed by atoms with E-state index in [1.54, 1.807) is 0 Å². The van der Waals surface area contributed by atoms with Crippen LogP contribution in [0.5, 0.6) is 11.5 Å². The molecule has 0 aliphatic carbocycles. The van der Waals surface area contributed by atoms with Crippen molar-refractivity contribution < 1.29 is 17.9 Å². The van der Waals surface area contributed by atoms with Crippen molar-refractivity contribution in [2.24, 2.45) is 0 Å². The average molecular weight is 288 g/mol. The zero-order chi connectivity index (χ0) is 14.0. The Kier molecular flexibility index (Phi) is 3.57. The minimum atomic E-state index is -4.53. The first-order chi connectivity index (χ1) is 8.86. The largest absolute Gasteiger partial charge is 0.457 e. The van der Waals surface area contributed by atoms with Crippen LogP contribution in [0.2, 0.25) is 5.02 Å². The molecule has 19 heavy (non-hydrogen) atoms. The Morgan fingerprint density at radius 3 is 2.21 bits per heavy atom. The number of halogens is 4. The summed E-state index contributed by atoms with van der Waals surface area (Å²) < 4.78 is 43.7. The van der Waals surface area contributed by atoms with E-state index in [0.29, 0.717) is 5.02 Å². The lowest BCUT2D eigenvalue weighted by molar-refractivity contribution is -0.138. The van der Waals surface area contributed by atoms with E-state index in [1.807, 2.05) is 0 Å². The highest BCUT2D eigenvalue weighted by atomic mass is 35.5. The normalized spacial score (nSPS) is 11.4. The minimum absolute atomic E-state index is 0.0239. The van der Waals surface area contributed by atoms with Crippen molar-refractivity contribution >= 4 is 17.3 Å². The molecule has 0 fully saturated rings. The van der Waals surface area contributed by atoms with E-state index in [2.05, 4.69) is 0 Å². The number of hydrogen-bond donors (Lipinski definition) is 1. The highest BCUT2D eigenvalue weighted by molar-refractivity contribution is 6.30. The van der Waals surface area contributed by atoms with Gasteiger partial charge >= 0.3 is 6.18 Å². The summed E-state index contributed by atoms with van der Waals surface area (Å²) in [7, 11) is 0. The number of ether oxygens (including phenoxy) is 1. The number of anilines is 1. The Morgan fingerprint density at radius 2 is 1.63 bits per heavy atom. The zero-order valence-corrected chi connectivity index (χ0v) is 10.3. The summed E-state index contributed by atoms with van der Waals surface area (Å²) in [6.45, 7) is 0. The van der Waals surface area contributed by atoms with Crippen molar-refractivity contribution in [3.8, 4) is 11.5 Å². The van der Waals surface area contributed by atoms with Gasteiger partial charge in [-0.3, -0.25) is 0 Å². The molecule has 6 heteroatoms. The molecule has 2 N–H and O–H groups in total. The fourth-order valence-electron chi connectivity index (χ4n) is 1.49. The second kappa shape index (κ2) is 5.01. The number of alkyl halides is 3. The Morgan fingerprint density at radius 1 is 1.00 bits per heavy atom. The molecular formula is C13H9ClF3NO. The molecule has 2 rings (SSSR count). The van der Waals surface area contributed by atoms with Crippen LogP contribution in [-0.2, 0) is 6.18 Å². The van der Waals surface area contributed by atoms with Gasteiger partial charge in [-0.2, -0.15) is 13.2 Å². The highest BCUT2D eigenvalue weighted by Gasteiger charge is 2.34. The summed E-state index contributed by atoms with van der Waals surface area (Å²) in [6, 6.07) is 9.40. The van der Waals surface area contributed by atoms with Crippen molar-refractivity contribution in [1.82, 2.24) is 0 Å². The maximum absolute atomic E-state index is 12.8. The third kappa shape index (κ3) is 3.32. The Labute approximate surface area is 112 Å². The lowest BCUT2D eigenvalue weighted by atomic mass is 10.1. The van der Waals surface area contributed by atoms with Crippen LogP contribution in [0.25, 0.3) is 0 Å². The maximum atomic E-state index is 12.8.